The normalized spacial score (nSPS) is 32.1. The molecule has 1 heterocycles. The molecule has 3 nitrogen and oxygen atoms in total. The second-order valence-corrected chi connectivity index (χ2v) is 6.30. The van der Waals surface area contributed by atoms with Crippen molar-refractivity contribution < 1.29 is 5.11 Å². The number of nitrogens with one attached hydrogen (secondary N) is 1. The maximum absolute atomic E-state index is 9.99. The average Bonchev–Trinajstić information content (AvgIpc) is 2.56. The van der Waals surface area contributed by atoms with E-state index in [9.17, 15) is 5.11 Å². The molecule has 0 radical (unpaired) electrons. The van der Waals surface area contributed by atoms with E-state index in [-0.39, 0.29) is 5.54 Å². The first-order chi connectivity index (χ1) is 9.84. The van der Waals surface area contributed by atoms with Crippen LogP contribution in [0.25, 0.3) is 0 Å². The van der Waals surface area contributed by atoms with Crippen LogP contribution in [0.2, 0.25) is 0 Å². The van der Waals surface area contributed by atoms with Crippen LogP contribution in [-0.2, 0) is 0 Å². The topological polar surface area (TPSA) is 35.5 Å². The highest BCUT2D eigenvalue weighted by Crippen LogP contribution is 2.40. The van der Waals surface area contributed by atoms with Gasteiger partial charge in [0.1, 0.15) is 0 Å². The Kier molecular flexibility index (Phi) is 4.39. The molecule has 1 aromatic rings. The van der Waals surface area contributed by atoms with Crippen molar-refractivity contribution in [2.45, 2.75) is 37.1 Å². The molecular formula is C17H26N2O. The van der Waals surface area contributed by atoms with Crippen LogP contribution in [-0.4, -0.2) is 48.3 Å². The van der Waals surface area contributed by atoms with Gasteiger partial charge in [-0.2, -0.15) is 0 Å². The van der Waals surface area contributed by atoms with Crippen molar-refractivity contribution in [3.05, 3.63) is 35.9 Å². The van der Waals surface area contributed by atoms with E-state index >= 15 is 0 Å². The number of aliphatic hydroxyl groups is 1. The van der Waals surface area contributed by atoms with Crippen LogP contribution in [0.15, 0.2) is 30.3 Å². The van der Waals surface area contributed by atoms with Gasteiger partial charge in [0.05, 0.1) is 6.61 Å². The molecule has 1 aromatic carbocycles. The number of aliphatic hydroxyl groups excluding tert-OH is 1. The maximum Gasteiger partial charge on any atom is 0.0615 e. The smallest absolute Gasteiger partial charge is 0.0615 e. The van der Waals surface area contributed by atoms with E-state index in [1.54, 1.807) is 0 Å². The fraction of sp³-hybridized carbons (Fsp3) is 0.647. The Morgan fingerprint density at radius 1 is 1.10 bits per heavy atom. The molecule has 1 saturated carbocycles. The standard InChI is InChI=1S/C17H26N2O/c20-14-17(19-12-10-18-11-13-19)8-6-16(7-9-17)15-4-2-1-3-5-15/h1-5,16,18,20H,6-14H2. The summed E-state index contributed by atoms with van der Waals surface area (Å²) in [6.07, 6.45) is 4.66. The lowest BCUT2D eigenvalue weighted by Crippen LogP contribution is -2.59. The van der Waals surface area contributed by atoms with Gasteiger partial charge < -0.3 is 10.4 Å². The van der Waals surface area contributed by atoms with Gasteiger partial charge in [0.15, 0.2) is 0 Å². The summed E-state index contributed by atoms with van der Waals surface area (Å²) in [6, 6.07) is 10.9. The molecule has 20 heavy (non-hydrogen) atoms. The van der Waals surface area contributed by atoms with Crippen molar-refractivity contribution in [1.29, 1.82) is 0 Å². The average molecular weight is 274 g/mol. The van der Waals surface area contributed by atoms with Crippen molar-refractivity contribution in [3.63, 3.8) is 0 Å². The second kappa shape index (κ2) is 6.25. The van der Waals surface area contributed by atoms with Crippen LogP contribution in [0.1, 0.15) is 37.2 Å². The molecule has 1 saturated heterocycles. The van der Waals surface area contributed by atoms with Crippen molar-refractivity contribution >= 4 is 0 Å². The number of hydrogen-bond acceptors (Lipinski definition) is 3. The highest BCUT2D eigenvalue weighted by molar-refractivity contribution is 5.20. The van der Waals surface area contributed by atoms with Gasteiger partial charge in [0, 0.05) is 31.7 Å². The van der Waals surface area contributed by atoms with Crippen LogP contribution in [0, 0.1) is 0 Å². The zero-order chi connectivity index (χ0) is 13.8. The number of rotatable bonds is 3. The number of hydrogen-bond donors (Lipinski definition) is 2. The summed E-state index contributed by atoms with van der Waals surface area (Å²) < 4.78 is 0. The number of benzene rings is 1. The first kappa shape index (κ1) is 14.1. The van der Waals surface area contributed by atoms with Gasteiger partial charge >= 0.3 is 0 Å². The van der Waals surface area contributed by atoms with Gasteiger partial charge in [0.2, 0.25) is 0 Å². The SMILES string of the molecule is OCC1(N2CCNCC2)CCC(c2ccccc2)CC1. The molecule has 1 aliphatic heterocycles. The molecule has 0 bridgehead atoms. The van der Waals surface area contributed by atoms with E-state index in [1.807, 2.05) is 0 Å². The molecule has 0 aromatic heterocycles. The number of nitrogens with zero attached hydrogens (tertiary/aromatic N) is 1. The van der Waals surface area contributed by atoms with Gasteiger partial charge in [-0.3, -0.25) is 4.90 Å². The van der Waals surface area contributed by atoms with E-state index < -0.39 is 0 Å². The Balaban J connectivity index is 1.66. The third-order valence-electron chi connectivity index (χ3n) is 5.27. The van der Waals surface area contributed by atoms with Gasteiger partial charge in [-0.05, 0) is 37.2 Å². The Bertz CT molecular complexity index is 406. The highest BCUT2D eigenvalue weighted by Gasteiger charge is 2.40. The summed E-state index contributed by atoms with van der Waals surface area (Å²) >= 11 is 0. The summed E-state index contributed by atoms with van der Waals surface area (Å²) in [5.74, 6) is 0.679. The van der Waals surface area contributed by atoms with Gasteiger partial charge in [-0.15, -0.1) is 0 Å². The van der Waals surface area contributed by atoms with Crippen LogP contribution < -0.4 is 5.32 Å². The molecule has 0 amide bonds. The Hall–Kier alpha value is -0.900. The maximum atomic E-state index is 9.99. The largest absolute Gasteiger partial charge is 0.394 e. The fourth-order valence-corrected chi connectivity index (χ4v) is 3.93. The molecular weight excluding hydrogens is 248 g/mol. The van der Waals surface area contributed by atoms with E-state index in [0.717, 1.165) is 39.0 Å². The van der Waals surface area contributed by atoms with Crippen LogP contribution in [0.3, 0.4) is 0 Å². The summed E-state index contributed by atoms with van der Waals surface area (Å²) in [7, 11) is 0. The summed E-state index contributed by atoms with van der Waals surface area (Å²) in [5.41, 5.74) is 1.52. The third kappa shape index (κ3) is 2.76. The summed E-state index contributed by atoms with van der Waals surface area (Å²) in [5, 5.41) is 13.4. The quantitative estimate of drug-likeness (QED) is 0.885. The minimum atomic E-state index is 0.0490. The van der Waals surface area contributed by atoms with E-state index in [4.69, 9.17) is 0 Å². The van der Waals surface area contributed by atoms with Crippen LogP contribution in [0.4, 0.5) is 0 Å². The van der Waals surface area contributed by atoms with Gasteiger partial charge in [0.25, 0.3) is 0 Å². The predicted molar refractivity (Wildman–Crippen MR) is 81.9 cm³/mol. The molecule has 3 heteroatoms. The molecule has 2 aliphatic rings. The fourth-order valence-electron chi connectivity index (χ4n) is 3.93. The Morgan fingerprint density at radius 3 is 2.35 bits per heavy atom. The lowest BCUT2D eigenvalue weighted by atomic mass is 9.73. The Labute approximate surface area is 122 Å². The Morgan fingerprint density at radius 2 is 1.75 bits per heavy atom. The molecule has 3 rings (SSSR count). The molecule has 2 N–H and O–H groups in total. The van der Waals surface area contributed by atoms with Crippen molar-refractivity contribution in [1.82, 2.24) is 10.2 Å². The lowest BCUT2D eigenvalue weighted by molar-refractivity contribution is -0.00988. The molecule has 1 aliphatic carbocycles. The minimum Gasteiger partial charge on any atom is -0.394 e. The molecule has 0 spiro atoms. The summed E-state index contributed by atoms with van der Waals surface area (Å²) in [4.78, 5) is 2.53. The first-order valence-corrected chi connectivity index (χ1v) is 7.96. The van der Waals surface area contributed by atoms with E-state index in [2.05, 4.69) is 40.5 Å². The van der Waals surface area contributed by atoms with Crippen LogP contribution in [0.5, 0.6) is 0 Å². The second-order valence-electron chi connectivity index (χ2n) is 6.30. The van der Waals surface area contributed by atoms with Crippen molar-refractivity contribution in [3.8, 4) is 0 Å². The van der Waals surface area contributed by atoms with Crippen LogP contribution >= 0.6 is 0 Å². The predicted octanol–water partition coefficient (Wildman–Crippen LogP) is 1.98. The third-order valence-corrected chi connectivity index (χ3v) is 5.27. The first-order valence-electron chi connectivity index (χ1n) is 7.96. The molecule has 2 fully saturated rings. The van der Waals surface area contributed by atoms with Crippen molar-refractivity contribution in [2.75, 3.05) is 32.8 Å². The molecule has 0 unspecified atom stereocenters. The zero-order valence-corrected chi connectivity index (χ0v) is 12.2. The van der Waals surface area contributed by atoms with Gasteiger partial charge in [-0.25, -0.2) is 0 Å². The highest BCUT2D eigenvalue weighted by atomic mass is 16.3. The van der Waals surface area contributed by atoms with Gasteiger partial charge in [-0.1, -0.05) is 30.3 Å². The summed E-state index contributed by atoms with van der Waals surface area (Å²) in [6.45, 7) is 4.59. The van der Waals surface area contributed by atoms with E-state index in [1.165, 1.54) is 18.4 Å². The monoisotopic (exact) mass is 274 g/mol. The van der Waals surface area contributed by atoms with E-state index in [0.29, 0.717) is 12.5 Å². The van der Waals surface area contributed by atoms with Crippen molar-refractivity contribution in [2.24, 2.45) is 0 Å². The zero-order valence-electron chi connectivity index (χ0n) is 12.2. The minimum absolute atomic E-state index is 0.0490. The number of piperazine rings is 1. The molecule has 110 valence electrons. The lowest BCUT2D eigenvalue weighted by Gasteiger charge is -2.48. The molecule has 0 atom stereocenters.